The Labute approximate surface area is 193 Å². The molecule has 0 fully saturated rings. The summed E-state index contributed by atoms with van der Waals surface area (Å²) < 4.78 is 0. The normalized spacial score (nSPS) is 15.0. The van der Waals surface area contributed by atoms with Crippen LogP contribution in [0.3, 0.4) is 0 Å². The Morgan fingerprint density at radius 1 is 0.467 bits per heavy atom. The van der Waals surface area contributed by atoms with Gasteiger partial charge in [-0.15, -0.1) is 0 Å². The summed E-state index contributed by atoms with van der Waals surface area (Å²) in [6.45, 7) is 11.9. The van der Waals surface area contributed by atoms with Gasteiger partial charge in [-0.05, 0) is 37.0 Å². The summed E-state index contributed by atoms with van der Waals surface area (Å²) >= 11 is 0. The van der Waals surface area contributed by atoms with E-state index < -0.39 is 0 Å². The van der Waals surface area contributed by atoms with Crippen LogP contribution in [-0.2, 0) is 0 Å². The third kappa shape index (κ3) is 22.4. The largest absolute Gasteiger partial charge is 0.0883 e. The standard InChI is InChI=1S/C30H60/c1-6-8-9-10-15-18-23-29(4)24-19-16-13-11-12-14-17-20-25-30(5)27-21-26-28(3)22-7-2/h19,24,28-30H,6-18,20-23,25-27H2,1-5H3/b24-19+. The second-order valence-corrected chi connectivity index (χ2v) is 10.6. The molecule has 0 aromatic rings. The molecule has 0 heteroatoms. The zero-order valence-corrected chi connectivity index (χ0v) is 22.0. The lowest BCUT2D eigenvalue weighted by Crippen LogP contribution is -1.99. The minimum Gasteiger partial charge on any atom is -0.0883 e. The second-order valence-electron chi connectivity index (χ2n) is 10.6. The number of allylic oxidation sites excluding steroid dienone is 2. The smallest absolute Gasteiger partial charge is 0.0262 e. The average Bonchev–Trinajstić information content (AvgIpc) is 2.72. The van der Waals surface area contributed by atoms with E-state index in [1.807, 2.05) is 0 Å². The van der Waals surface area contributed by atoms with E-state index in [4.69, 9.17) is 0 Å². The van der Waals surface area contributed by atoms with Crippen molar-refractivity contribution < 1.29 is 0 Å². The quantitative estimate of drug-likeness (QED) is 0.114. The molecule has 0 N–H and O–H groups in total. The first kappa shape index (κ1) is 29.7. The van der Waals surface area contributed by atoms with Crippen LogP contribution in [-0.4, -0.2) is 0 Å². The minimum atomic E-state index is 0.785. The summed E-state index contributed by atoms with van der Waals surface area (Å²) in [7, 11) is 0. The highest BCUT2D eigenvalue weighted by atomic mass is 14.1. The van der Waals surface area contributed by atoms with E-state index >= 15 is 0 Å². The van der Waals surface area contributed by atoms with E-state index in [2.05, 4.69) is 46.8 Å². The molecule has 0 saturated carbocycles. The van der Waals surface area contributed by atoms with Crippen LogP contribution in [0.25, 0.3) is 0 Å². The summed E-state index contributed by atoms with van der Waals surface area (Å²) in [6, 6.07) is 0. The molecule has 0 aromatic carbocycles. The molecule has 0 aromatic heterocycles. The number of hydrogen-bond acceptors (Lipinski definition) is 0. The molecule has 0 aliphatic heterocycles. The van der Waals surface area contributed by atoms with E-state index in [1.54, 1.807) is 0 Å². The van der Waals surface area contributed by atoms with Crippen LogP contribution in [0.4, 0.5) is 0 Å². The fourth-order valence-electron chi connectivity index (χ4n) is 4.73. The first-order valence-corrected chi connectivity index (χ1v) is 14.3. The molecule has 0 radical (unpaired) electrons. The Bertz CT molecular complexity index is 342. The summed E-state index contributed by atoms with van der Waals surface area (Å²) in [5.41, 5.74) is 0. The Kier molecular flexibility index (Phi) is 23.2. The molecule has 0 amide bonds. The zero-order chi connectivity index (χ0) is 22.3. The molecule has 0 rings (SSSR count). The van der Waals surface area contributed by atoms with Crippen molar-refractivity contribution in [2.45, 2.75) is 163 Å². The van der Waals surface area contributed by atoms with Crippen LogP contribution in [0.2, 0.25) is 0 Å². The predicted molar refractivity (Wildman–Crippen MR) is 140 cm³/mol. The summed E-state index contributed by atoms with van der Waals surface area (Å²) in [5, 5.41) is 0. The molecule has 0 spiro atoms. The third-order valence-corrected chi connectivity index (χ3v) is 6.97. The summed E-state index contributed by atoms with van der Waals surface area (Å²) in [6.07, 6.45) is 33.4. The highest BCUT2D eigenvalue weighted by molar-refractivity contribution is 4.86. The summed E-state index contributed by atoms with van der Waals surface area (Å²) in [5.74, 6) is 2.68. The molecular weight excluding hydrogens is 360 g/mol. The lowest BCUT2D eigenvalue weighted by atomic mass is 9.93. The molecule has 0 bridgehead atoms. The molecule has 30 heavy (non-hydrogen) atoms. The maximum atomic E-state index is 2.48. The zero-order valence-electron chi connectivity index (χ0n) is 22.0. The minimum absolute atomic E-state index is 0.785. The number of rotatable bonds is 23. The van der Waals surface area contributed by atoms with Gasteiger partial charge in [0.2, 0.25) is 0 Å². The first-order valence-electron chi connectivity index (χ1n) is 14.3. The lowest BCUT2D eigenvalue weighted by Gasteiger charge is -2.13. The van der Waals surface area contributed by atoms with Crippen LogP contribution in [0.5, 0.6) is 0 Å². The highest BCUT2D eigenvalue weighted by Gasteiger charge is 2.05. The molecule has 3 unspecified atom stereocenters. The van der Waals surface area contributed by atoms with Gasteiger partial charge in [-0.25, -0.2) is 0 Å². The van der Waals surface area contributed by atoms with Gasteiger partial charge < -0.3 is 0 Å². The van der Waals surface area contributed by atoms with Crippen LogP contribution in [0.1, 0.15) is 163 Å². The van der Waals surface area contributed by atoms with Crippen molar-refractivity contribution in [1.82, 2.24) is 0 Å². The molecule has 180 valence electrons. The Morgan fingerprint density at radius 2 is 0.967 bits per heavy atom. The molecular formula is C30H60. The monoisotopic (exact) mass is 420 g/mol. The molecule has 0 nitrogen and oxygen atoms in total. The second kappa shape index (κ2) is 23.4. The van der Waals surface area contributed by atoms with Gasteiger partial charge in [0, 0.05) is 0 Å². The van der Waals surface area contributed by atoms with Gasteiger partial charge in [0.25, 0.3) is 0 Å². The van der Waals surface area contributed by atoms with E-state index in [0.717, 1.165) is 17.8 Å². The van der Waals surface area contributed by atoms with Gasteiger partial charge in [-0.3, -0.25) is 0 Å². The van der Waals surface area contributed by atoms with E-state index in [1.165, 1.54) is 128 Å². The lowest BCUT2D eigenvalue weighted by molar-refractivity contribution is 0.398. The van der Waals surface area contributed by atoms with Gasteiger partial charge in [0.05, 0.1) is 0 Å². The van der Waals surface area contributed by atoms with Crippen LogP contribution < -0.4 is 0 Å². The van der Waals surface area contributed by atoms with Crippen molar-refractivity contribution in [3.63, 3.8) is 0 Å². The average molecular weight is 421 g/mol. The predicted octanol–water partition coefficient (Wildman–Crippen LogP) is 11.3. The van der Waals surface area contributed by atoms with Crippen LogP contribution >= 0.6 is 0 Å². The van der Waals surface area contributed by atoms with Crippen molar-refractivity contribution in [3.05, 3.63) is 12.2 Å². The van der Waals surface area contributed by atoms with Gasteiger partial charge in [-0.1, -0.05) is 156 Å². The SMILES string of the molecule is CCCCCCCCC(C)/C=C/CCCCCCCCC(C)CCCC(C)CCC. The van der Waals surface area contributed by atoms with Gasteiger partial charge in [0.15, 0.2) is 0 Å². The van der Waals surface area contributed by atoms with Gasteiger partial charge in [0.1, 0.15) is 0 Å². The maximum Gasteiger partial charge on any atom is -0.0262 e. The fraction of sp³-hybridized carbons (Fsp3) is 0.933. The summed E-state index contributed by atoms with van der Waals surface area (Å²) in [4.78, 5) is 0. The Hall–Kier alpha value is -0.260. The highest BCUT2D eigenvalue weighted by Crippen LogP contribution is 2.20. The molecule has 0 aliphatic rings. The van der Waals surface area contributed by atoms with Crippen molar-refractivity contribution in [2.24, 2.45) is 17.8 Å². The van der Waals surface area contributed by atoms with Gasteiger partial charge >= 0.3 is 0 Å². The van der Waals surface area contributed by atoms with E-state index in [9.17, 15) is 0 Å². The topological polar surface area (TPSA) is 0 Å². The molecule has 0 heterocycles. The van der Waals surface area contributed by atoms with Crippen molar-refractivity contribution >= 4 is 0 Å². The first-order chi connectivity index (χ1) is 14.6. The molecule has 0 aliphatic carbocycles. The van der Waals surface area contributed by atoms with Crippen molar-refractivity contribution in [2.75, 3.05) is 0 Å². The number of unbranched alkanes of at least 4 members (excludes halogenated alkanes) is 11. The van der Waals surface area contributed by atoms with E-state index in [0.29, 0.717) is 0 Å². The van der Waals surface area contributed by atoms with Crippen LogP contribution in [0, 0.1) is 17.8 Å². The van der Waals surface area contributed by atoms with E-state index in [-0.39, 0.29) is 0 Å². The van der Waals surface area contributed by atoms with Crippen molar-refractivity contribution in [1.29, 1.82) is 0 Å². The fourth-order valence-corrected chi connectivity index (χ4v) is 4.73. The Balaban J connectivity index is 3.35. The van der Waals surface area contributed by atoms with Crippen LogP contribution in [0.15, 0.2) is 12.2 Å². The molecule has 0 saturated heterocycles. The third-order valence-electron chi connectivity index (χ3n) is 6.97. The van der Waals surface area contributed by atoms with Gasteiger partial charge in [-0.2, -0.15) is 0 Å². The van der Waals surface area contributed by atoms with Crippen molar-refractivity contribution in [3.8, 4) is 0 Å². The number of hydrogen-bond donors (Lipinski definition) is 0. The maximum absolute atomic E-state index is 2.48. The Morgan fingerprint density at radius 3 is 1.60 bits per heavy atom. The molecule has 3 atom stereocenters.